The van der Waals surface area contributed by atoms with Crippen LogP contribution >= 0.6 is 0 Å². The number of anilines is 1. The Hall–Kier alpha value is -2.37. The third-order valence-electron chi connectivity index (χ3n) is 3.64. The summed E-state index contributed by atoms with van der Waals surface area (Å²) in [7, 11) is 1.59. The van der Waals surface area contributed by atoms with Crippen molar-refractivity contribution in [1.29, 1.82) is 0 Å². The highest BCUT2D eigenvalue weighted by Gasteiger charge is 2.32. The van der Waals surface area contributed by atoms with E-state index in [4.69, 9.17) is 0 Å². The first kappa shape index (κ1) is 16.0. The molecule has 0 unspecified atom stereocenters. The molecule has 1 heterocycles. The summed E-state index contributed by atoms with van der Waals surface area (Å²) >= 11 is 0. The smallest absolute Gasteiger partial charge is 0.326 e. The van der Waals surface area contributed by atoms with Gasteiger partial charge in [-0.25, -0.2) is 4.79 Å². The largest absolute Gasteiger partial charge is 0.326 e. The molecule has 4 amide bonds. The monoisotopic (exact) mass is 303 g/mol. The van der Waals surface area contributed by atoms with Crippen LogP contribution in [0.15, 0.2) is 24.3 Å². The molecule has 1 aromatic carbocycles. The highest BCUT2D eigenvalue weighted by Crippen LogP contribution is 2.13. The number of nitrogens with one attached hydrogen (secondary N) is 1. The number of nitrogens with zero attached hydrogens (tertiary/aromatic N) is 2. The van der Waals surface area contributed by atoms with Crippen LogP contribution < -0.4 is 5.32 Å². The molecule has 1 aliphatic heterocycles. The third-order valence-corrected chi connectivity index (χ3v) is 3.64. The van der Waals surface area contributed by atoms with E-state index in [2.05, 4.69) is 12.2 Å². The van der Waals surface area contributed by atoms with E-state index in [0.717, 1.165) is 17.7 Å². The van der Waals surface area contributed by atoms with Crippen LogP contribution in [0.1, 0.15) is 25.3 Å². The first-order valence-corrected chi connectivity index (χ1v) is 7.45. The summed E-state index contributed by atoms with van der Waals surface area (Å²) in [5.74, 6) is -0.316. The van der Waals surface area contributed by atoms with Crippen LogP contribution in [0, 0.1) is 0 Å². The van der Waals surface area contributed by atoms with Gasteiger partial charge >= 0.3 is 6.03 Å². The van der Waals surface area contributed by atoms with Gasteiger partial charge < -0.3 is 10.2 Å². The number of aryl methyl sites for hydroxylation is 1. The number of carbonyl (C=O) groups excluding carboxylic acids is 3. The van der Waals surface area contributed by atoms with Gasteiger partial charge in [-0.1, -0.05) is 19.1 Å². The number of rotatable bonds is 6. The average molecular weight is 303 g/mol. The Morgan fingerprint density at radius 1 is 1.32 bits per heavy atom. The van der Waals surface area contributed by atoms with Gasteiger partial charge in [0.2, 0.25) is 11.8 Å². The van der Waals surface area contributed by atoms with E-state index >= 15 is 0 Å². The van der Waals surface area contributed by atoms with Gasteiger partial charge in [-0.2, -0.15) is 0 Å². The molecule has 118 valence electrons. The van der Waals surface area contributed by atoms with E-state index in [1.807, 2.05) is 24.3 Å². The zero-order chi connectivity index (χ0) is 16.1. The third kappa shape index (κ3) is 3.84. The van der Waals surface area contributed by atoms with Crippen molar-refractivity contribution in [1.82, 2.24) is 9.80 Å². The molecule has 6 heteroatoms. The molecular formula is C16H21N3O3. The SMILES string of the molecule is CCc1cccc(NC(=O)CCCN2C(=O)CN(C)C2=O)c1. The highest BCUT2D eigenvalue weighted by molar-refractivity contribution is 6.01. The fourth-order valence-electron chi connectivity index (χ4n) is 2.38. The van der Waals surface area contributed by atoms with Gasteiger partial charge in [-0.05, 0) is 30.5 Å². The molecule has 0 aliphatic carbocycles. The maximum Gasteiger partial charge on any atom is 0.326 e. The Morgan fingerprint density at radius 3 is 2.73 bits per heavy atom. The molecule has 0 bridgehead atoms. The van der Waals surface area contributed by atoms with Crippen LogP contribution in [0.3, 0.4) is 0 Å². The Bertz CT molecular complexity index is 586. The van der Waals surface area contributed by atoms with Crippen molar-refractivity contribution >= 4 is 23.5 Å². The quantitative estimate of drug-likeness (QED) is 0.816. The van der Waals surface area contributed by atoms with Crippen molar-refractivity contribution in [3.05, 3.63) is 29.8 Å². The number of likely N-dealkylation sites (N-methyl/N-ethyl adjacent to an activating group) is 1. The first-order valence-electron chi connectivity index (χ1n) is 7.45. The highest BCUT2D eigenvalue weighted by atomic mass is 16.2. The standard InChI is InChI=1S/C16H21N3O3/c1-3-12-6-4-7-13(10-12)17-14(20)8-5-9-19-15(21)11-18(2)16(19)22/h4,6-7,10H,3,5,8-9,11H2,1-2H3,(H,17,20). The summed E-state index contributed by atoms with van der Waals surface area (Å²) in [6.07, 6.45) is 1.65. The van der Waals surface area contributed by atoms with Crippen LogP contribution in [-0.4, -0.2) is 47.8 Å². The average Bonchev–Trinajstić information content (AvgIpc) is 2.73. The topological polar surface area (TPSA) is 69.7 Å². The Kier molecular flexibility index (Phi) is 5.14. The van der Waals surface area contributed by atoms with Gasteiger partial charge in [0.1, 0.15) is 6.54 Å². The molecule has 0 radical (unpaired) electrons. The molecule has 0 aromatic heterocycles. The predicted molar refractivity (Wildman–Crippen MR) is 83.4 cm³/mol. The van der Waals surface area contributed by atoms with Crippen LogP contribution in [0.2, 0.25) is 0 Å². The number of imide groups is 1. The fraction of sp³-hybridized carbons (Fsp3) is 0.438. The lowest BCUT2D eigenvalue weighted by atomic mass is 10.1. The van der Waals surface area contributed by atoms with Crippen molar-refractivity contribution in [2.45, 2.75) is 26.2 Å². The van der Waals surface area contributed by atoms with E-state index in [0.29, 0.717) is 6.42 Å². The molecule has 0 atom stereocenters. The lowest BCUT2D eigenvalue weighted by Crippen LogP contribution is -2.32. The maximum atomic E-state index is 11.9. The molecule has 1 saturated heterocycles. The minimum atomic E-state index is -0.291. The number of amides is 4. The van der Waals surface area contributed by atoms with Gasteiger partial charge in [-0.15, -0.1) is 0 Å². The molecule has 0 spiro atoms. The van der Waals surface area contributed by atoms with Gasteiger partial charge in [-0.3, -0.25) is 14.5 Å². The number of benzene rings is 1. The molecule has 1 fully saturated rings. The van der Waals surface area contributed by atoms with Crippen molar-refractivity contribution < 1.29 is 14.4 Å². The second-order valence-corrected chi connectivity index (χ2v) is 5.39. The number of urea groups is 1. The molecular weight excluding hydrogens is 282 g/mol. The van der Waals surface area contributed by atoms with Crippen LogP contribution in [0.5, 0.6) is 0 Å². The van der Waals surface area contributed by atoms with Crippen LogP contribution in [-0.2, 0) is 16.0 Å². The van der Waals surface area contributed by atoms with Crippen molar-refractivity contribution in [3.63, 3.8) is 0 Å². The van der Waals surface area contributed by atoms with Crippen LogP contribution in [0.25, 0.3) is 0 Å². The van der Waals surface area contributed by atoms with Gasteiger partial charge in [0.25, 0.3) is 0 Å². The summed E-state index contributed by atoms with van der Waals surface area (Å²) in [6.45, 7) is 2.46. The zero-order valence-electron chi connectivity index (χ0n) is 13.0. The maximum absolute atomic E-state index is 11.9. The molecule has 22 heavy (non-hydrogen) atoms. The zero-order valence-corrected chi connectivity index (χ0v) is 13.0. The van der Waals surface area contributed by atoms with Gasteiger partial charge in [0.05, 0.1) is 0 Å². The second kappa shape index (κ2) is 7.06. The number of carbonyl (C=O) groups is 3. The van der Waals surface area contributed by atoms with Crippen LogP contribution in [0.4, 0.5) is 10.5 Å². The van der Waals surface area contributed by atoms with E-state index in [1.54, 1.807) is 7.05 Å². The predicted octanol–water partition coefficient (Wildman–Crippen LogP) is 1.86. The van der Waals surface area contributed by atoms with Gasteiger partial charge in [0, 0.05) is 25.7 Å². The first-order chi connectivity index (χ1) is 10.5. The lowest BCUT2D eigenvalue weighted by molar-refractivity contribution is -0.125. The Morgan fingerprint density at radius 2 is 2.09 bits per heavy atom. The second-order valence-electron chi connectivity index (χ2n) is 5.39. The molecule has 6 nitrogen and oxygen atoms in total. The lowest BCUT2D eigenvalue weighted by Gasteiger charge is -2.13. The molecule has 0 saturated carbocycles. The number of hydrogen-bond acceptors (Lipinski definition) is 3. The van der Waals surface area contributed by atoms with E-state index < -0.39 is 0 Å². The molecule has 1 aliphatic rings. The molecule has 2 rings (SSSR count). The van der Waals surface area contributed by atoms with E-state index in [9.17, 15) is 14.4 Å². The van der Waals surface area contributed by atoms with Crippen molar-refractivity contribution in [2.24, 2.45) is 0 Å². The fourth-order valence-corrected chi connectivity index (χ4v) is 2.38. The molecule has 1 N–H and O–H groups in total. The number of hydrogen-bond donors (Lipinski definition) is 1. The summed E-state index contributed by atoms with van der Waals surface area (Å²) in [6, 6.07) is 7.42. The minimum Gasteiger partial charge on any atom is -0.326 e. The van der Waals surface area contributed by atoms with Crippen molar-refractivity contribution in [3.8, 4) is 0 Å². The Labute approximate surface area is 130 Å². The Balaban J connectivity index is 1.78. The van der Waals surface area contributed by atoms with E-state index in [-0.39, 0.29) is 37.4 Å². The van der Waals surface area contributed by atoms with Gasteiger partial charge in [0.15, 0.2) is 0 Å². The summed E-state index contributed by atoms with van der Waals surface area (Å²) in [4.78, 5) is 37.8. The minimum absolute atomic E-state index is 0.110. The van der Waals surface area contributed by atoms with E-state index in [1.165, 1.54) is 9.80 Å². The summed E-state index contributed by atoms with van der Waals surface area (Å²) < 4.78 is 0. The summed E-state index contributed by atoms with van der Waals surface area (Å²) in [5, 5.41) is 2.84. The summed E-state index contributed by atoms with van der Waals surface area (Å²) in [5.41, 5.74) is 1.94. The van der Waals surface area contributed by atoms with Crippen molar-refractivity contribution in [2.75, 3.05) is 25.5 Å². The molecule has 1 aromatic rings. The normalized spacial score (nSPS) is 14.6.